The van der Waals surface area contributed by atoms with Crippen LogP contribution >= 0.6 is 12.6 Å². The molecule has 0 saturated heterocycles. The minimum Gasteiger partial charge on any atom is -0.349 e. The van der Waals surface area contributed by atoms with Gasteiger partial charge in [0.15, 0.2) is 0 Å². The molecule has 0 aromatic heterocycles. The van der Waals surface area contributed by atoms with Gasteiger partial charge in [0.2, 0.25) is 0 Å². The van der Waals surface area contributed by atoms with E-state index in [0.717, 1.165) is 22.4 Å². The molecule has 1 saturated carbocycles. The molecule has 102 valence electrons. The van der Waals surface area contributed by atoms with Crippen molar-refractivity contribution in [3.8, 4) is 0 Å². The molecule has 20 heavy (non-hydrogen) atoms. The second kappa shape index (κ2) is 5.33. The summed E-state index contributed by atoms with van der Waals surface area (Å²) < 4.78 is 0. The van der Waals surface area contributed by atoms with Crippen LogP contribution in [0.5, 0.6) is 0 Å². The van der Waals surface area contributed by atoms with Crippen molar-refractivity contribution in [3.05, 3.63) is 65.2 Å². The first-order chi connectivity index (χ1) is 9.65. The highest BCUT2D eigenvalue weighted by atomic mass is 32.1. The lowest BCUT2D eigenvalue weighted by Gasteiger charge is -2.08. The smallest absolute Gasteiger partial charge is 0.251 e. The van der Waals surface area contributed by atoms with Crippen LogP contribution in [0.1, 0.15) is 33.8 Å². The van der Waals surface area contributed by atoms with Crippen molar-refractivity contribution in [2.24, 2.45) is 0 Å². The topological polar surface area (TPSA) is 29.1 Å². The van der Waals surface area contributed by atoms with E-state index in [-0.39, 0.29) is 11.9 Å². The van der Waals surface area contributed by atoms with Crippen LogP contribution in [0.25, 0.3) is 0 Å². The van der Waals surface area contributed by atoms with E-state index in [1.54, 1.807) is 0 Å². The lowest BCUT2D eigenvalue weighted by atomic mass is 10.1. The third-order valence-corrected chi connectivity index (χ3v) is 4.08. The number of amides is 1. The second-order valence-electron chi connectivity index (χ2n) is 5.33. The Balaban J connectivity index is 1.68. The molecule has 1 fully saturated rings. The predicted molar refractivity (Wildman–Crippen MR) is 83.5 cm³/mol. The van der Waals surface area contributed by atoms with Crippen molar-refractivity contribution in [1.29, 1.82) is 0 Å². The number of rotatable bonds is 3. The zero-order valence-electron chi connectivity index (χ0n) is 11.3. The first kappa shape index (κ1) is 13.3. The van der Waals surface area contributed by atoms with Crippen molar-refractivity contribution in [1.82, 2.24) is 5.32 Å². The van der Waals surface area contributed by atoms with E-state index in [0.29, 0.717) is 5.92 Å². The van der Waals surface area contributed by atoms with E-state index in [1.165, 1.54) is 5.56 Å². The molecular formula is C17H17NOS. The first-order valence-corrected chi connectivity index (χ1v) is 7.25. The monoisotopic (exact) mass is 283 g/mol. The Hall–Kier alpha value is -1.74. The molecule has 1 aliphatic rings. The van der Waals surface area contributed by atoms with Crippen molar-refractivity contribution in [2.45, 2.75) is 30.2 Å². The molecule has 2 atom stereocenters. The largest absolute Gasteiger partial charge is 0.349 e. The highest BCUT2D eigenvalue weighted by Gasteiger charge is 2.39. The fourth-order valence-electron chi connectivity index (χ4n) is 2.52. The molecule has 2 nitrogen and oxygen atoms in total. The summed E-state index contributed by atoms with van der Waals surface area (Å²) in [5, 5.41) is 3.11. The highest BCUT2D eigenvalue weighted by molar-refractivity contribution is 7.80. The number of nitrogens with one attached hydrogen (secondary N) is 1. The molecule has 3 rings (SSSR count). The van der Waals surface area contributed by atoms with Crippen molar-refractivity contribution in [2.75, 3.05) is 0 Å². The van der Waals surface area contributed by atoms with Crippen LogP contribution < -0.4 is 5.32 Å². The molecule has 0 spiro atoms. The molecule has 2 aromatic carbocycles. The summed E-state index contributed by atoms with van der Waals surface area (Å²) in [6, 6.07) is 16.3. The average molecular weight is 283 g/mol. The Kier molecular flexibility index (Phi) is 3.53. The van der Waals surface area contributed by atoms with Crippen molar-refractivity contribution in [3.63, 3.8) is 0 Å². The molecule has 2 aromatic rings. The van der Waals surface area contributed by atoms with Gasteiger partial charge in [0.25, 0.3) is 5.91 Å². The normalized spacial score (nSPS) is 20.5. The fraction of sp³-hybridized carbons (Fsp3) is 0.235. The maximum atomic E-state index is 12.3. The molecular weight excluding hydrogens is 266 g/mol. The van der Waals surface area contributed by atoms with Crippen LogP contribution in [0.2, 0.25) is 0 Å². The quantitative estimate of drug-likeness (QED) is 0.829. The lowest BCUT2D eigenvalue weighted by Crippen LogP contribution is -2.27. The van der Waals surface area contributed by atoms with Gasteiger partial charge in [-0.05, 0) is 36.6 Å². The van der Waals surface area contributed by atoms with Crippen LogP contribution in [0.4, 0.5) is 0 Å². The van der Waals surface area contributed by atoms with Crippen LogP contribution in [0, 0.1) is 6.92 Å². The van der Waals surface area contributed by atoms with Gasteiger partial charge in [0.1, 0.15) is 0 Å². The molecule has 0 bridgehead atoms. The van der Waals surface area contributed by atoms with Crippen LogP contribution in [0.15, 0.2) is 53.4 Å². The number of benzene rings is 2. The third kappa shape index (κ3) is 2.73. The van der Waals surface area contributed by atoms with E-state index in [4.69, 9.17) is 0 Å². The van der Waals surface area contributed by atoms with Gasteiger partial charge in [-0.15, -0.1) is 12.6 Å². The van der Waals surface area contributed by atoms with E-state index < -0.39 is 0 Å². The van der Waals surface area contributed by atoms with Crippen molar-refractivity contribution < 1.29 is 4.79 Å². The number of hydrogen-bond acceptors (Lipinski definition) is 2. The van der Waals surface area contributed by atoms with E-state index >= 15 is 0 Å². The molecule has 1 N–H and O–H groups in total. The Morgan fingerprint density at radius 3 is 2.70 bits per heavy atom. The van der Waals surface area contributed by atoms with Crippen LogP contribution in [-0.4, -0.2) is 11.9 Å². The zero-order chi connectivity index (χ0) is 14.1. The highest BCUT2D eigenvalue weighted by Crippen LogP contribution is 2.40. The van der Waals surface area contributed by atoms with Crippen LogP contribution in [-0.2, 0) is 0 Å². The predicted octanol–water partition coefficient (Wildman–Crippen LogP) is 3.57. The molecule has 1 aliphatic carbocycles. The van der Waals surface area contributed by atoms with Gasteiger partial charge in [0.05, 0.1) is 0 Å². The number of hydrogen-bond donors (Lipinski definition) is 2. The van der Waals surface area contributed by atoms with Gasteiger partial charge < -0.3 is 5.32 Å². The standard InChI is InChI=1S/C17H17NOS/c1-11-7-8-13(20)9-14(11)17(19)18-16-10-15(16)12-5-3-2-4-6-12/h2-9,15-16,20H,10H2,1H3,(H,18,19). The summed E-state index contributed by atoms with van der Waals surface area (Å²) in [5.74, 6) is 0.460. The van der Waals surface area contributed by atoms with Gasteiger partial charge in [-0.25, -0.2) is 0 Å². The lowest BCUT2D eigenvalue weighted by molar-refractivity contribution is 0.0949. The van der Waals surface area contributed by atoms with Gasteiger partial charge in [-0.3, -0.25) is 4.79 Å². The maximum Gasteiger partial charge on any atom is 0.251 e. The summed E-state index contributed by atoms with van der Waals surface area (Å²) in [6.07, 6.45) is 1.02. The van der Waals surface area contributed by atoms with E-state index in [1.807, 2.05) is 43.3 Å². The molecule has 1 amide bonds. The summed E-state index contributed by atoms with van der Waals surface area (Å²) in [6.45, 7) is 1.95. The average Bonchev–Trinajstić information content (AvgIpc) is 3.21. The first-order valence-electron chi connectivity index (χ1n) is 6.80. The van der Waals surface area contributed by atoms with Gasteiger partial charge in [0, 0.05) is 22.4 Å². The zero-order valence-corrected chi connectivity index (χ0v) is 12.2. The Labute approximate surface area is 124 Å². The Morgan fingerprint density at radius 1 is 1.20 bits per heavy atom. The fourth-order valence-corrected chi connectivity index (χ4v) is 2.73. The Bertz CT molecular complexity index is 639. The summed E-state index contributed by atoms with van der Waals surface area (Å²) in [5.41, 5.74) is 3.01. The minimum absolute atomic E-state index is 0.00170. The summed E-state index contributed by atoms with van der Waals surface area (Å²) in [7, 11) is 0. The molecule has 0 aliphatic heterocycles. The number of carbonyl (C=O) groups excluding carboxylic acids is 1. The molecule has 3 heteroatoms. The number of thiol groups is 1. The van der Waals surface area contributed by atoms with Crippen molar-refractivity contribution >= 4 is 18.5 Å². The summed E-state index contributed by atoms with van der Waals surface area (Å²) in [4.78, 5) is 13.1. The summed E-state index contributed by atoms with van der Waals surface area (Å²) >= 11 is 4.30. The van der Waals surface area contributed by atoms with Crippen LogP contribution in [0.3, 0.4) is 0 Å². The second-order valence-corrected chi connectivity index (χ2v) is 5.85. The van der Waals surface area contributed by atoms with Gasteiger partial charge in [-0.1, -0.05) is 36.4 Å². The number of carbonyl (C=O) groups is 1. The maximum absolute atomic E-state index is 12.3. The molecule has 0 radical (unpaired) electrons. The molecule has 0 heterocycles. The van der Waals surface area contributed by atoms with Gasteiger partial charge >= 0.3 is 0 Å². The third-order valence-electron chi connectivity index (χ3n) is 3.80. The van der Waals surface area contributed by atoms with E-state index in [2.05, 4.69) is 30.1 Å². The minimum atomic E-state index is 0.00170. The van der Waals surface area contributed by atoms with Gasteiger partial charge in [-0.2, -0.15) is 0 Å². The molecule has 2 unspecified atom stereocenters. The SMILES string of the molecule is Cc1ccc(S)cc1C(=O)NC1CC1c1ccccc1. The Morgan fingerprint density at radius 2 is 1.95 bits per heavy atom. The number of aryl methyl sites for hydroxylation is 1. The van der Waals surface area contributed by atoms with E-state index in [9.17, 15) is 4.79 Å².